The number of nitrogens with zero attached hydrogens (tertiary/aromatic N) is 2. The van der Waals surface area contributed by atoms with Gasteiger partial charge in [0.15, 0.2) is 5.82 Å². The third-order valence-electron chi connectivity index (χ3n) is 3.64. The number of rotatable bonds is 5. The molecule has 1 amide bonds. The van der Waals surface area contributed by atoms with E-state index in [0.29, 0.717) is 11.5 Å². The van der Waals surface area contributed by atoms with Gasteiger partial charge in [-0.3, -0.25) is 4.79 Å². The Balaban J connectivity index is 2.18. The summed E-state index contributed by atoms with van der Waals surface area (Å²) < 4.78 is 46.5. The topological polar surface area (TPSA) is 80.3 Å². The number of aryl methyl sites for hydroxylation is 2. The van der Waals surface area contributed by atoms with Crippen LogP contribution in [0.4, 0.5) is 13.2 Å². The predicted octanol–water partition coefficient (Wildman–Crippen LogP) is 2.34. The van der Waals surface area contributed by atoms with E-state index in [1.54, 1.807) is 26.0 Å². The van der Waals surface area contributed by atoms with E-state index in [2.05, 4.69) is 10.3 Å². The minimum absolute atomic E-state index is 0.411. The van der Waals surface area contributed by atoms with Crippen LogP contribution in [-0.2, 0) is 17.4 Å². The van der Waals surface area contributed by atoms with E-state index >= 15 is 0 Å². The highest BCUT2D eigenvalue weighted by Gasteiger charge is 2.58. The molecule has 0 saturated carbocycles. The second-order valence-electron chi connectivity index (χ2n) is 5.63. The number of nitrogens with one attached hydrogen (secondary N) is 1. The number of aromatic nitrogens is 2. The summed E-state index contributed by atoms with van der Waals surface area (Å²) in [5.74, 6) is -0.592. The van der Waals surface area contributed by atoms with E-state index < -0.39 is 36.0 Å². The Morgan fingerprint density at radius 2 is 2.12 bits per heavy atom. The lowest BCUT2D eigenvalue weighted by Gasteiger charge is -2.29. The first kappa shape index (κ1) is 18.1. The molecule has 0 saturated heterocycles. The number of hydrogen-bond acceptors (Lipinski definition) is 4. The average molecular weight is 345 g/mol. The molecular formula is C15H18F3N3O3. The molecule has 0 radical (unpaired) electrons. The van der Waals surface area contributed by atoms with E-state index in [9.17, 15) is 23.1 Å². The number of alkyl halides is 3. The second-order valence-corrected chi connectivity index (χ2v) is 5.63. The lowest BCUT2D eigenvalue weighted by atomic mass is 9.97. The molecule has 0 fully saturated rings. The fourth-order valence-corrected chi connectivity index (χ4v) is 2.35. The van der Waals surface area contributed by atoms with Crippen molar-refractivity contribution in [1.82, 2.24) is 14.9 Å². The molecule has 0 aliphatic rings. The number of hydrogen-bond donors (Lipinski definition) is 2. The van der Waals surface area contributed by atoms with Crippen molar-refractivity contribution in [2.24, 2.45) is 7.05 Å². The van der Waals surface area contributed by atoms with Gasteiger partial charge in [0.2, 0.25) is 11.5 Å². The molecule has 2 N–H and O–H groups in total. The van der Waals surface area contributed by atoms with Gasteiger partial charge in [-0.05, 0) is 26.0 Å². The molecular weight excluding hydrogens is 327 g/mol. The Hall–Kier alpha value is -2.29. The Kier molecular flexibility index (Phi) is 4.75. The number of imidazole rings is 1. The van der Waals surface area contributed by atoms with Crippen LogP contribution in [0, 0.1) is 6.92 Å². The summed E-state index contributed by atoms with van der Waals surface area (Å²) in [6.07, 6.45) is -3.88. The first-order chi connectivity index (χ1) is 11.0. The highest BCUT2D eigenvalue weighted by Crippen LogP contribution is 2.40. The summed E-state index contributed by atoms with van der Waals surface area (Å²) >= 11 is 0. The van der Waals surface area contributed by atoms with Crippen molar-refractivity contribution in [3.05, 3.63) is 41.9 Å². The van der Waals surface area contributed by atoms with Gasteiger partial charge >= 0.3 is 6.18 Å². The molecule has 9 heteroatoms. The summed E-state index contributed by atoms with van der Waals surface area (Å²) in [6.45, 7) is 3.28. The van der Waals surface area contributed by atoms with E-state index in [0.717, 1.165) is 10.8 Å². The van der Waals surface area contributed by atoms with Crippen LogP contribution in [0.5, 0.6) is 0 Å². The summed E-state index contributed by atoms with van der Waals surface area (Å²) in [5, 5.41) is 12.5. The Morgan fingerprint density at radius 1 is 1.46 bits per heavy atom. The molecule has 0 aliphatic carbocycles. The van der Waals surface area contributed by atoms with E-state index in [4.69, 9.17) is 4.42 Å². The highest BCUT2D eigenvalue weighted by molar-refractivity contribution is 5.77. The van der Waals surface area contributed by atoms with Crippen LogP contribution in [0.15, 0.2) is 28.9 Å². The second kappa shape index (κ2) is 6.31. The van der Waals surface area contributed by atoms with Gasteiger partial charge in [0, 0.05) is 19.4 Å². The van der Waals surface area contributed by atoms with Crippen LogP contribution in [0.3, 0.4) is 0 Å². The molecule has 2 atom stereocenters. The third kappa shape index (κ3) is 3.45. The third-order valence-corrected chi connectivity index (χ3v) is 3.64. The molecule has 0 aromatic carbocycles. The maximum Gasteiger partial charge on any atom is 0.425 e. The predicted molar refractivity (Wildman–Crippen MR) is 77.8 cm³/mol. The number of carbonyl (C=O) groups excluding carboxylic acids is 1. The zero-order valence-corrected chi connectivity index (χ0v) is 13.4. The van der Waals surface area contributed by atoms with Crippen molar-refractivity contribution in [2.45, 2.75) is 38.1 Å². The number of aliphatic hydroxyl groups is 1. The standard InChI is InChI=1S/C15H18F3N3O3/c1-9-4-5-11(24-9)10(2)20-12(22)8-14(23,15(16,17)18)13-19-6-7-21(13)3/h4-7,10,23H,8H2,1-3H3,(H,20,22). The van der Waals surface area contributed by atoms with Gasteiger partial charge in [-0.2, -0.15) is 13.2 Å². The van der Waals surface area contributed by atoms with Crippen LogP contribution < -0.4 is 5.32 Å². The molecule has 0 aliphatic heterocycles. The average Bonchev–Trinajstić information content (AvgIpc) is 3.05. The van der Waals surface area contributed by atoms with Crippen LogP contribution in [0.25, 0.3) is 0 Å². The maximum atomic E-state index is 13.4. The monoisotopic (exact) mass is 345 g/mol. The number of carbonyl (C=O) groups is 1. The lowest BCUT2D eigenvalue weighted by molar-refractivity contribution is -0.271. The van der Waals surface area contributed by atoms with Crippen LogP contribution in [0.1, 0.15) is 36.7 Å². The molecule has 0 bridgehead atoms. The summed E-state index contributed by atoms with van der Waals surface area (Å²) in [7, 11) is 1.31. The number of amides is 1. The molecule has 2 aromatic rings. The van der Waals surface area contributed by atoms with Gasteiger partial charge in [-0.25, -0.2) is 4.98 Å². The lowest BCUT2D eigenvalue weighted by Crippen LogP contribution is -2.48. The largest absolute Gasteiger partial charge is 0.464 e. The van der Waals surface area contributed by atoms with E-state index in [1.807, 2.05) is 0 Å². The Bertz CT molecular complexity index is 723. The quantitative estimate of drug-likeness (QED) is 0.872. The van der Waals surface area contributed by atoms with E-state index in [1.165, 1.54) is 13.2 Å². The molecule has 24 heavy (non-hydrogen) atoms. The highest BCUT2D eigenvalue weighted by atomic mass is 19.4. The molecule has 2 rings (SSSR count). The van der Waals surface area contributed by atoms with Crippen molar-refractivity contribution >= 4 is 5.91 Å². The van der Waals surface area contributed by atoms with Crippen molar-refractivity contribution in [1.29, 1.82) is 0 Å². The first-order valence-electron chi connectivity index (χ1n) is 7.17. The summed E-state index contributed by atoms with van der Waals surface area (Å²) in [6, 6.07) is 2.66. The smallest absolute Gasteiger partial charge is 0.425 e. The van der Waals surface area contributed by atoms with Crippen molar-refractivity contribution < 1.29 is 27.5 Å². The van der Waals surface area contributed by atoms with Gasteiger partial charge in [0.05, 0.1) is 12.5 Å². The minimum atomic E-state index is -5.06. The molecule has 2 heterocycles. The molecule has 2 aromatic heterocycles. The number of furan rings is 1. The summed E-state index contributed by atoms with van der Waals surface area (Å²) in [5.41, 5.74) is -3.38. The zero-order valence-electron chi connectivity index (χ0n) is 13.4. The minimum Gasteiger partial charge on any atom is -0.464 e. The van der Waals surface area contributed by atoms with Gasteiger partial charge in [-0.1, -0.05) is 0 Å². The zero-order chi connectivity index (χ0) is 18.1. The SMILES string of the molecule is Cc1ccc(C(C)NC(=O)CC(O)(c2nccn2C)C(F)(F)F)o1. The van der Waals surface area contributed by atoms with Crippen LogP contribution >= 0.6 is 0 Å². The molecule has 0 spiro atoms. The van der Waals surface area contributed by atoms with Crippen molar-refractivity contribution in [2.75, 3.05) is 0 Å². The molecule has 6 nitrogen and oxygen atoms in total. The van der Waals surface area contributed by atoms with E-state index in [-0.39, 0.29) is 0 Å². The van der Waals surface area contributed by atoms with Crippen molar-refractivity contribution in [3.8, 4) is 0 Å². The summed E-state index contributed by atoms with van der Waals surface area (Å²) in [4.78, 5) is 15.6. The van der Waals surface area contributed by atoms with Gasteiger partial charge in [0.25, 0.3) is 0 Å². The Labute approximate surface area is 136 Å². The fraction of sp³-hybridized carbons (Fsp3) is 0.467. The van der Waals surface area contributed by atoms with Gasteiger partial charge in [-0.15, -0.1) is 0 Å². The normalized spacial score (nSPS) is 15.8. The van der Waals surface area contributed by atoms with Crippen LogP contribution in [0.2, 0.25) is 0 Å². The maximum absolute atomic E-state index is 13.4. The van der Waals surface area contributed by atoms with Gasteiger partial charge < -0.3 is 19.4 Å². The fourth-order valence-electron chi connectivity index (χ4n) is 2.35. The molecule has 2 unspecified atom stereocenters. The van der Waals surface area contributed by atoms with Gasteiger partial charge in [0.1, 0.15) is 11.5 Å². The number of halogens is 3. The Morgan fingerprint density at radius 3 is 2.58 bits per heavy atom. The van der Waals surface area contributed by atoms with Crippen LogP contribution in [-0.4, -0.2) is 26.7 Å². The van der Waals surface area contributed by atoms with Crippen molar-refractivity contribution in [3.63, 3.8) is 0 Å². The first-order valence-corrected chi connectivity index (χ1v) is 7.17. The molecule has 132 valence electrons.